The van der Waals surface area contributed by atoms with Gasteiger partial charge in [-0.15, -0.1) is 0 Å². The van der Waals surface area contributed by atoms with Crippen molar-refractivity contribution in [3.05, 3.63) is 71.6 Å². The number of fused-ring (bicyclic) bond motifs is 2. The number of rotatable bonds is 3. The summed E-state index contributed by atoms with van der Waals surface area (Å²) >= 11 is 0. The van der Waals surface area contributed by atoms with E-state index in [2.05, 4.69) is 36.3 Å². The summed E-state index contributed by atoms with van der Waals surface area (Å²) in [7, 11) is 1.89. The molecule has 32 heavy (non-hydrogen) atoms. The molecule has 5 heterocycles. The minimum Gasteiger partial charge on any atom is -0.369 e. The summed E-state index contributed by atoms with van der Waals surface area (Å²) < 4.78 is 15.4. The van der Waals surface area contributed by atoms with Crippen LogP contribution in [0.4, 0.5) is 27.7 Å². The van der Waals surface area contributed by atoms with Gasteiger partial charge in [0.15, 0.2) is 0 Å². The smallest absolute Gasteiger partial charge is 0.222 e. The summed E-state index contributed by atoms with van der Waals surface area (Å²) in [5, 5.41) is 7.64. The van der Waals surface area contributed by atoms with Crippen LogP contribution in [-0.2, 0) is 13.5 Å². The number of nitrogens with two attached hydrogens (primary N) is 1. The number of nitrogen functional groups attached to an aromatic ring is 1. The van der Waals surface area contributed by atoms with Crippen molar-refractivity contribution in [2.45, 2.75) is 12.3 Å². The summed E-state index contributed by atoms with van der Waals surface area (Å²) in [6.45, 7) is 1.40. The van der Waals surface area contributed by atoms with Crippen LogP contribution in [0.1, 0.15) is 22.7 Å². The van der Waals surface area contributed by atoms with Crippen molar-refractivity contribution in [1.29, 1.82) is 0 Å². The molecular weight excluding hydrogens is 407 g/mol. The van der Waals surface area contributed by atoms with E-state index in [0.29, 0.717) is 6.54 Å². The van der Waals surface area contributed by atoms with Crippen molar-refractivity contribution in [2.24, 2.45) is 7.05 Å². The van der Waals surface area contributed by atoms with Gasteiger partial charge in [0.25, 0.3) is 0 Å². The van der Waals surface area contributed by atoms with Gasteiger partial charge < -0.3 is 16.0 Å². The zero-order valence-electron chi connectivity index (χ0n) is 17.5. The maximum atomic E-state index is 13.6. The summed E-state index contributed by atoms with van der Waals surface area (Å²) in [6.07, 6.45) is 6.41. The van der Waals surface area contributed by atoms with Gasteiger partial charge in [0.05, 0.1) is 11.9 Å². The molecule has 0 fully saturated rings. The lowest BCUT2D eigenvalue weighted by molar-refractivity contribution is 0.626. The summed E-state index contributed by atoms with van der Waals surface area (Å²) in [4.78, 5) is 15.7. The Morgan fingerprint density at radius 2 is 2.03 bits per heavy atom. The number of nitrogens with one attached hydrogen (secondary N) is 1. The summed E-state index contributed by atoms with van der Waals surface area (Å²) in [5.41, 5.74) is 12.0. The first-order valence-corrected chi connectivity index (χ1v) is 10.5. The number of aromatic nitrogens is 5. The van der Waals surface area contributed by atoms with E-state index in [4.69, 9.17) is 5.73 Å². The van der Waals surface area contributed by atoms with Gasteiger partial charge in [-0.05, 0) is 36.2 Å². The second kappa shape index (κ2) is 7.01. The Kier molecular flexibility index (Phi) is 4.11. The Bertz CT molecular complexity index is 1350. The third-order valence-corrected chi connectivity index (χ3v) is 6.12. The molecule has 9 heteroatoms. The molecule has 1 aromatic carbocycles. The number of anilines is 4. The van der Waals surface area contributed by atoms with Crippen LogP contribution in [-0.4, -0.2) is 37.8 Å². The fourth-order valence-electron chi connectivity index (χ4n) is 4.59. The first-order chi connectivity index (χ1) is 15.5. The monoisotopic (exact) mass is 428 g/mol. The highest BCUT2D eigenvalue weighted by Crippen LogP contribution is 2.39. The van der Waals surface area contributed by atoms with Gasteiger partial charge in [-0.3, -0.25) is 4.68 Å². The Hall–Kier alpha value is -4.01. The minimum atomic E-state index is -0.223. The second-order valence-electron chi connectivity index (χ2n) is 8.18. The normalized spacial score (nSPS) is 16.7. The highest BCUT2D eigenvalue weighted by Gasteiger charge is 2.29. The number of aryl methyl sites for hydroxylation is 1. The molecule has 1 atom stereocenters. The maximum absolute atomic E-state index is 13.6. The Morgan fingerprint density at radius 3 is 2.88 bits per heavy atom. The van der Waals surface area contributed by atoms with Crippen LogP contribution < -0.4 is 16.0 Å². The summed E-state index contributed by atoms with van der Waals surface area (Å²) in [5.74, 6) is 1.57. The second-order valence-corrected chi connectivity index (χ2v) is 8.18. The minimum absolute atomic E-state index is 0.00605. The van der Waals surface area contributed by atoms with Gasteiger partial charge in [0, 0.05) is 66.9 Å². The van der Waals surface area contributed by atoms with Crippen LogP contribution >= 0.6 is 0 Å². The first kappa shape index (κ1) is 18.7. The number of hydrogen-bond acceptors (Lipinski definition) is 7. The lowest BCUT2D eigenvalue weighted by Gasteiger charge is -2.20. The standard InChI is InChI=1S/C23H21FN8/c1-31-12-15(10-28-31)14-7-17-18(11-27-22(17)26-9-14)19-8-21(30-23(25)29-19)32-5-4-13-6-16(24)2-3-20(13)32/h2-3,6-10,12,18H,4-5,11H2,1H3,(H,26,27)(H2,25,29,30). The highest BCUT2D eigenvalue weighted by atomic mass is 19.1. The quantitative estimate of drug-likeness (QED) is 0.517. The van der Waals surface area contributed by atoms with Crippen LogP contribution in [0.2, 0.25) is 0 Å². The van der Waals surface area contributed by atoms with Crippen LogP contribution in [0.15, 0.2) is 48.9 Å². The van der Waals surface area contributed by atoms with Gasteiger partial charge in [0.2, 0.25) is 5.95 Å². The summed E-state index contributed by atoms with van der Waals surface area (Å²) in [6, 6.07) is 8.98. The third-order valence-electron chi connectivity index (χ3n) is 6.12. The van der Waals surface area contributed by atoms with Crippen LogP contribution in [0.3, 0.4) is 0 Å². The number of pyridine rings is 1. The van der Waals surface area contributed by atoms with Gasteiger partial charge in [-0.25, -0.2) is 14.4 Å². The van der Waals surface area contributed by atoms with Gasteiger partial charge in [-0.2, -0.15) is 10.1 Å². The fourth-order valence-corrected chi connectivity index (χ4v) is 4.59. The van der Waals surface area contributed by atoms with Crippen molar-refractivity contribution < 1.29 is 4.39 Å². The van der Waals surface area contributed by atoms with E-state index in [-0.39, 0.29) is 17.7 Å². The number of hydrogen-bond donors (Lipinski definition) is 2. The van der Waals surface area contributed by atoms with Crippen molar-refractivity contribution >= 4 is 23.3 Å². The number of halogens is 1. The van der Waals surface area contributed by atoms with Crippen LogP contribution in [0, 0.1) is 5.82 Å². The molecule has 0 spiro atoms. The van der Waals surface area contributed by atoms with Gasteiger partial charge in [-0.1, -0.05) is 0 Å². The van der Waals surface area contributed by atoms with E-state index >= 15 is 0 Å². The lowest BCUT2D eigenvalue weighted by Crippen LogP contribution is -2.18. The molecule has 2 aliphatic rings. The van der Waals surface area contributed by atoms with Crippen molar-refractivity contribution in [2.75, 3.05) is 29.0 Å². The molecule has 0 saturated carbocycles. The molecule has 4 aromatic rings. The molecule has 160 valence electrons. The SMILES string of the molecule is Cn1cc(-c2cnc3c(c2)C(c2cc(N4CCc5cc(F)ccc54)nc(N)n2)CN3)cn1. The molecule has 2 aliphatic heterocycles. The van der Waals surface area contributed by atoms with E-state index < -0.39 is 0 Å². The molecule has 0 aliphatic carbocycles. The number of benzene rings is 1. The first-order valence-electron chi connectivity index (χ1n) is 10.5. The zero-order valence-corrected chi connectivity index (χ0v) is 17.5. The van der Waals surface area contributed by atoms with E-state index in [9.17, 15) is 4.39 Å². The molecular formula is C23H21FN8. The molecule has 0 radical (unpaired) electrons. The predicted octanol–water partition coefficient (Wildman–Crippen LogP) is 3.25. The van der Waals surface area contributed by atoms with Gasteiger partial charge >= 0.3 is 0 Å². The largest absolute Gasteiger partial charge is 0.369 e. The molecule has 0 amide bonds. The third kappa shape index (κ3) is 3.05. The average Bonchev–Trinajstić information content (AvgIpc) is 3.50. The Morgan fingerprint density at radius 1 is 1.12 bits per heavy atom. The van der Waals surface area contributed by atoms with E-state index in [0.717, 1.165) is 58.2 Å². The zero-order chi connectivity index (χ0) is 21.8. The Balaban J connectivity index is 1.38. The predicted molar refractivity (Wildman–Crippen MR) is 120 cm³/mol. The van der Waals surface area contributed by atoms with Crippen molar-refractivity contribution in [1.82, 2.24) is 24.7 Å². The van der Waals surface area contributed by atoms with Crippen LogP contribution in [0.5, 0.6) is 0 Å². The fraction of sp³-hybridized carbons (Fsp3) is 0.217. The molecule has 6 rings (SSSR count). The van der Waals surface area contributed by atoms with E-state index in [1.807, 2.05) is 31.7 Å². The topological polar surface area (TPSA) is 97.8 Å². The van der Waals surface area contributed by atoms with Crippen molar-refractivity contribution in [3.8, 4) is 11.1 Å². The molecule has 3 N–H and O–H groups in total. The van der Waals surface area contributed by atoms with Crippen molar-refractivity contribution in [3.63, 3.8) is 0 Å². The highest BCUT2D eigenvalue weighted by molar-refractivity contribution is 5.70. The Labute approximate surface area is 183 Å². The molecule has 8 nitrogen and oxygen atoms in total. The molecule has 1 unspecified atom stereocenters. The van der Waals surface area contributed by atoms with E-state index in [1.54, 1.807) is 16.8 Å². The van der Waals surface area contributed by atoms with E-state index in [1.165, 1.54) is 6.07 Å². The number of nitrogens with zero attached hydrogens (tertiary/aromatic N) is 6. The lowest BCUT2D eigenvalue weighted by atomic mass is 9.96. The maximum Gasteiger partial charge on any atom is 0.222 e. The van der Waals surface area contributed by atoms with Crippen LogP contribution in [0.25, 0.3) is 11.1 Å². The molecule has 0 saturated heterocycles. The van der Waals surface area contributed by atoms with Gasteiger partial charge in [0.1, 0.15) is 17.5 Å². The average molecular weight is 428 g/mol. The molecule has 0 bridgehead atoms. The molecule has 3 aromatic heterocycles.